The molecule has 0 spiro atoms. The Morgan fingerprint density at radius 3 is 2.63 bits per heavy atom. The smallest absolute Gasteiger partial charge is 0.244 e. The van der Waals surface area contributed by atoms with E-state index in [0.717, 1.165) is 5.56 Å². The number of nitrogens with zero attached hydrogens (tertiary/aromatic N) is 1. The molecule has 1 aromatic carbocycles. The van der Waals surface area contributed by atoms with Crippen molar-refractivity contribution < 1.29 is 12.8 Å². The fraction of sp³-hybridized carbons (Fsp3) is 0.231. The highest BCUT2D eigenvalue weighted by atomic mass is 79.9. The number of furan rings is 1. The van der Waals surface area contributed by atoms with E-state index in [4.69, 9.17) is 4.42 Å². The van der Waals surface area contributed by atoms with Crippen molar-refractivity contribution in [2.45, 2.75) is 18.4 Å². The van der Waals surface area contributed by atoms with E-state index in [2.05, 4.69) is 15.9 Å². The van der Waals surface area contributed by atoms with E-state index >= 15 is 0 Å². The average Bonchev–Trinajstić information content (AvgIpc) is 2.81. The van der Waals surface area contributed by atoms with Gasteiger partial charge in [0.1, 0.15) is 5.76 Å². The lowest BCUT2D eigenvalue weighted by Crippen LogP contribution is -2.26. The highest BCUT2D eigenvalue weighted by molar-refractivity contribution is 9.10. The van der Waals surface area contributed by atoms with Crippen molar-refractivity contribution in [2.24, 2.45) is 0 Å². The van der Waals surface area contributed by atoms with Crippen LogP contribution in [0.5, 0.6) is 0 Å². The van der Waals surface area contributed by atoms with E-state index in [1.165, 1.54) is 17.6 Å². The molecule has 0 saturated carbocycles. The normalized spacial score (nSPS) is 12.0. The third kappa shape index (κ3) is 3.08. The van der Waals surface area contributed by atoms with Crippen LogP contribution in [0.1, 0.15) is 11.3 Å². The van der Waals surface area contributed by atoms with Gasteiger partial charge in [-0.3, -0.25) is 0 Å². The number of benzene rings is 1. The van der Waals surface area contributed by atoms with E-state index < -0.39 is 10.0 Å². The SMILES string of the molecule is Cc1ccc(S(=O)(=O)N(C)Cc2ccco2)c(Br)c1. The van der Waals surface area contributed by atoms with Gasteiger partial charge in [-0.05, 0) is 52.7 Å². The van der Waals surface area contributed by atoms with Crippen LogP contribution in [0.2, 0.25) is 0 Å². The van der Waals surface area contributed by atoms with Crippen LogP contribution in [0.3, 0.4) is 0 Å². The van der Waals surface area contributed by atoms with Gasteiger partial charge in [-0.15, -0.1) is 0 Å². The molecule has 6 heteroatoms. The molecule has 19 heavy (non-hydrogen) atoms. The molecule has 0 N–H and O–H groups in total. The predicted octanol–water partition coefficient (Wildman–Crippen LogP) is 3.17. The van der Waals surface area contributed by atoms with E-state index in [1.54, 1.807) is 30.3 Å². The standard InChI is InChI=1S/C13H14BrNO3S/c1-10-5-6-13(12(14)8-10)19(16,17)15(2)9-11-4-3-7-18-11/h3-8H,9H2,1-2H3. The minimum Gasteiger partial charge on any atom is -0.468 e. The Labute approximate surface area is 121 Å². The molecule has 1 heterocycles. The molecule has 0 unspecified atom stereocenters. The van der Waals surface area contributed by atoms with Crippen molar-refractivity contribution in [3.8, 4) is 0 Å². The largest absolute Gasteiger partial charge is 0.468 e. The Balaban J connectivity index is 2.31. The predicted molar refractivity (Wildman–Crippen MR) is 76.2 cm³/mol. The van der Waals surface area contributed by atoms with Crippen molar-refractivity contribution in [3.05, 3.63) is 52.4 Å². The summed E-state index contributed by atoms with van der Waals surface area (Å²) in [6, 6.07) is 8.65. The van der Waals surface area contributed by atoms with E-state index in [-0.39, 0.29) is 11.4 Å². The van der Waals surface area contributed by atoms with E-state index in [1.807, 2.05) is 6.92 Å². The van der Waals surface area contributed by atoms with Gasteiger partial charge in [-0.2, -0.15) is 4.31 Å². The molecule has 2 rings (SSSR count). The second kappa shape index (κ2) is 5.48. The van der Waals surface area contributed by atoms with Crippen LogP contribution in [-0.2, 0) is 16.6 Å². The summed E-state index contributed by atoms with van der Waals surface area (Å²) in [7, 11) is -2.00. The fourth-order valence-electron chi connectivity index (χ4n) is 1.69. The van der Waals surface area contributed by atoms with Crippen LogP contribution in [0.15, 0.2) is 50.4 Å². The maximum Gasteiger partial charge on any atom is 0.244 e. The van der Waals surface area contributed by atoms with Crippen molar-refractivity contribution in [1.82, 2.24) is 4.31 Å². The van der Waals surface area contributed by atoms with Gasteiger partial charge in [0.25, 0.3) is 0 Å². The molecule has 4 nitrogen and oxygen atoms in total. The minimum atomic E-state index is -3.54. The Morgan fingerprint density at radius 2 is 2.05 bits per heavy atom. The average molecular weight is 344 g/mol. The lowest BCUT2D eigenvalue weighted by atomic mass is 10.2. The summed E-state index contributed by atoms with van der Waals surface area (Å²) in [6.45, 7) is 2.11. The molecule has 0 fully saturated rings. The van der Waals surface area contributed by atoms with Gasteiger partial charge in [0.05, 0.1) is 17.7 Å². The van der Waals surface area contributed by atoms with Gasteiger partial charge in [-0.25, -0.2) is 8.42 Å². The molecule has 0 amide bonds. The van der Waals surface area contributed by atoms with Gasteiger partial charge in [-0.1, -0.05) is 6.07 Å². The van der Waals surface area contributed by atoms with Crippen LogP contribution in [-0.4, -0.2) is 19.8 Å². The number of rotatable bonds is 4. The van der Waals surface area contributed by atoms with Gasteiger partial charge in [0.15, 0.2) is 0 Å². The van der Waals surface area contributed by atoms with Crippen LogP contribution >= 0.6 is 15.9 Å². The number of halogens is 1. The molecule has 0 aliphatic rings. The third-order valence-electron chi connectivity index (χ3n) is 2.73. The molecule has 1 aromatic heterocycles. The zero-order chi connectivity index (χ0) is 14.0. The van der Waals surface area contributed by atoms with Crippen molar-refractivity contribution in [3.63, 3.8) is 0 Å². The molecule has 102 valence electrons. The Bertz CT molecular complexity index is 665. The molecule has 0 atom stereocenters. The summed E-state index contributed by atoms with van der Waals surface area (Å²) in [6.07, 6.45) is 1.53. The number of hydrogen-bond acceptors (Lipinski definition) is 3. The monoisotopic (exact) mass is 343 g/mol. The zero-order valence-electron chi connectivity index (χ0n) is 10.6. The lowest BCUT2D eigenvalue weighted by molar-refractivity contribution is 0.406. The lowest BCUT2D eigenvalue weighted by Gasteiger charge is -2.17. The summed E-state index contributed by atoms with van der Waals surface area (Å²) in [5.74, 6) is 0.606. The van der Waals surface area contributed by atoms with Gasteiger partial charge >= 0.3 is 0 Å². The Kier molecular flexibility index (Phi) is 4.13. The van der Waals surface area contributed by atoms with Crippen molar-refractivity contribution >= 4 is 26.0 Å². The second-order valence-electron chi connectivity index (χ2n) is 4.27. The van der Waals surface area contributed by atoms with E-state index in [9.17, 15) is 8.42 Å². The van der Waals surface area contributed by atoms with Crippen LogP contribution in [0.4, 0.5) is 0 Å². The number of aryl methyl sites for hydroxylation is 1. The molecule has 0 bridgehead atoms. The van der Waals surface area contributed by atoms with Crippen molar-refractivity contribution in [1.29, 1.82) is 0 Å². The van der Waals surface area contributed by atoms with Crippen LogP contribution in [0.25, 0.3) is 0 Å². The topological polar surface area (TPSA) is 50.5 Å². The summed E-state index contributed by atoms with van der Waals surface area (Å²) in [4.78, 5) is 0.257. The maximum absolute atomic E-state index is 12.4. The fourth-order valence-corrected chi connectivity index (χ4v) is 3.98. The summed E-state index contributed by atoms with van der Waals surface area (Å²) in [5.41, 5.74) is 1.000. The summed E-state index contributed by atoms with van der Waals surface area (Å²) in [5, 5.41) is 0. The molecule has 0 radical (unpaired) electrons. The first-order chi connectivity index (χ1) is 8.91. The Morgan fingerprint density at radius 1 is 1.32 bits per heavy atom. The number of sulfonamides is 1. The quantitative estimate of drug-likeness (QED) is 0.856. The van der Waals surface area contributed by atoms with Crippen LogP contribution < -0.4 is 0 Å². The second-order valence-corrected chi connectivity index (χ2v) is 7.14. The first kappa shape index (κ1) is 14.3. The zero-order valence-corrected chi connectivity index (χ0v) is 13.0. The van der Waals surface area contributed by atoms with Gasteiger partial charge in [0.2, 0.25) is 10.0 Å². The molecule has 2 aromatic rings. The van der Waals surface area contributed by atoms with Gasteiger partial charge in [0, 0.05) is 11.5 Å². The van der Waals surface area contributed by atoms with E-state index in [0.29, 0.717) is 10.2 Å². The Hall–Kier alpha value is -1.11. The summed E-state index contributed by atoms with van der Waals surface area (Å²) >= 11 is 3.30. The highest BCUT2D eigenvalue weighted by Gasteiger charge is 2.24. The van der Waals surface area contributed by atoms with Gasteiger partial charge < -0.3 is 4.42 Å². The summed E-state index contributed by atoms with van der Waals surface area (Å²) < 4.78 is 31.9. The minimum absolute atomic E-state index is 0.204. The molecule has 0 saturated heterocycles. The first-order valence-electron chi connectivity index (χ1n) is 5.66. The highest BCUT2D eigenvalue weighted by Crippen LogP contribution is 2.26. The molecule has 0 aliphatic carbocycles. The van der Waals surface area contributed by atoms with Crippen molar-refractivity contribution in [2.75, 3.05) is 7.05 Å². The van der Waals surface area contributed by atoms with Crippen LogP contribution in [0, 0.1) is 6.92 Å². The molecular formula is C13H14BrNO3S. The third-order valence-corrected chi connectivity index (χ3v) is 5.51. The number of hydrogen-bond donors (Lipinski definition) is 0. The maximum atomic E-state index is 12.4. The molecular weight excluding hydrogens is 330 g/mol. The molecule has 0 aliphatic heterocycles. The first-order valence-corrected chi connectivity index (χ1v) is 7.89.